The summed E-state index contributed by atoms with van der Waals surface area (Å²) in [6.07, 6.45) is -15.6. The molecular formula is C13H13F13O2. The number of esters is 1. The Hall–Kier alpha value is -1.44. The maximum absolute atomic E-state index is 13.4. The Bertz CT molecular complexity index is 560. The highest BCUT2D eigenvalue weighted by molar-refractivity contribution is 5.75. The lowest BCUT2D eigenvalue weighted by atomic mass is 9.87. The smallest absolute Gasteiger partial charge is 0.438 e. The van der Waals surface area contributed by atoms with E-state index in [-0.39, 0.29) is 6.42 Å². The van der Waals surface area contributed by atoms with E-state index in [1.54, 1.807) is 0 Å². The number of carbonyl (C=O) groups is 1. The van der Waals surface area contributed by atoms with Gasteiger partial charge in [-0.15, -0.1) is 0 Å². The van der Waals surface area contributed by atoms with Crippen molar-refractivity contribution < 1.29 is 66.6 Å². The first-order valence-electron chi connectivity index (χ1n) is 7.07. The zero-order valence-corrected chi connectivity index (χ0v) is 14.1. The van der Waals surface area contributed by atoms with E-state index in [1.807, 2.05) is 0 Å². The maximum atomic E-state index is 13.4. The van der Waals surface area contributed by atoms with Gasteiger partial charge in [-0.2, -0.15) is 52.7 Å². The lowest BCUT2D eigenvalue weighted by molar-refractivity contribution is -0.445. The molecule has 0 aliphatic carbocycles. The van der Waals surface area contributed by atoms with Crippen LogP contribution in [0.1, 0.15) is 27.2 Å². The summed E-state index contributed by atoms with van der Waals surface area (Å²) in [5, 5.41) is 0. The average molecular weight is 448 g/mol. The summed E-state index contributed by atoms with van der Waals surface area (Å²) in [7, 11) is 0. The summed E-state index contributed by atoms with van der Waals surface area (Å²) in [6, 6.07) is 0. The number of hydrogen-bond acceptors (Lipinski definition) is 2. The number of hydrogen-bond donors (Lipinski definition) is 0. The molecule has 0 aliphatic heterocycles. The van der Waals surface area contributed by atoms with Gasteiger partial charge in [0.05, 0.1) is 5.41 Å². The van der Waals surface area contributed by atoms with Gasteiger partial charge in [0.2, 0.25) is 0 Å². The Labute approximate surface area is 149 Å². The normalized spacial score (nSPS) is 15.6. The van der Waals surface area contributed by atoms with Crippen molar-refractivity contribution in [1.29, 1.82) is 0 Å². The number of alkyl halides is 13. The highest BCUT2D eigenvalue weighted by atomic mass is 19.4. The lowest BCUT2D eigenvalue weighted by Crippen LogP contribution is -2.73. The first kappa shape index (κ1) is 26.6. The molecule has 0 aromatic rings. The number of rotatable bonds is 7. The molecule has 168 valence electrons. The van der Waals surface area contributed by atoms with Gasteiger partial charge in [-0.3, -0.25) is 4.79 Å². The molecule has 0 amide bonds. The second kappa shape index (κ2) is 7.11. The molecule has 0 fully saturated rings. The zero-order chi connectivity index (χ0) is 23.2. The van der Waals surface area contributed by atoms with E-state index in [0.29, 0.717) is 0 Å². The van der Waals surface area contributed by atoms with E-state index < -0.39 is 53.8 Å². The molecule has 0 spiro atoms. The van der Waals surface area contributed by atoms with Gasteiger partial charge < -0.3 is 4.74 Å². The van der Waals surface area contributed by atoms with E-state index in [9.17, 15) is 61.9 Å². The van der Waals surface area contributed by atoms with Crippen LogP contribution in [0.2, 0.25) is 0 Å². The molecule has 0 rings (SSSR count). The Kier molecular flexibility index (Phi) is 6.75. The molecule has 0 atom stereocenters. The van der Waals surface area contributed by atoms with Crippen molar-refractivity contribution >= 4 is 5.97 Å². The van der Waals surface area contributed by atoms with Crippen LogP contribution in [0.5, 0.6) is 0 Å². The quantitative estimate of drug-likeness (QED) is 0.369. The summed E-state index contributed by atoms with van der Waals surface area (Å²) in [5.74, 6) is -23.8. The number of carbonyl (C=O) groups excluding carboxylic acids is 1. The molecule has 0 N–H and O–H groups in total. The third-order valence-electron chi connectivity index (χ3n) is 3.89. The first-order valence-corrected chi connectivity index (χ1v) is 7.07. The van der Waals surface area contributed by atoms with Gasteiger partial charge >= 0.3 is 41.8 Å². The molecule has 0 saturated carbocycles. The molecule has 0 heterocycles. The van der Waals surface area contributed by atoms with Crippen molar-refractivity contribution in [3.63, 3.8) is 0 Å². The van der Waals surface area contributed by atoms with Crippen LogP contribution in [-0.2, 0) is 9.53 Å². The molecule has 0 aliphatic rings. The topological polar surface area (TPSA) is 26.3 Å². The maximum Gasteiger partial charge on any atom is 0.438 e. The molecule has 28 heavy (non-hydrogen) atoms. The zero-order valence-electron chi connectivity index (χ0n) is 14.1. The van der Waals surface area contributed by atoms with Crippen molar-refractivity contribution in [3.8, 4) is 0 Å². The summed E-state index contributed by atoms with van der Waals surface area (Å²) < 4.78 is 171. The largest absolute Gasteiger partial charge is 0.459 e. The first-order chi connectivity index (χ1) is 11.9. The third-order valence-corrected chi connectivity index (χ3v) is 3.89. The lowest BCUT2D eigenvalue weighted by Gasteiger charge is -2.41. The molecule has 0 aromatic carbocycles. The van der Waals surface area contributed by atoms with E-state index in [4.69, 9.17) is 0 Å². The predicted molar refractivity (Wildman–Crippen MR) is 65.8 cm³/mol. The molecule has 0 unspecified atom stereocenters. The minimum atomic E-state index is -8.02. The highest BCUT2D eigenvalue weighted by Gasteiger charge is 2.93. The Morgan fingerprint density at radius 2 is 1.07 bits per heavy atom. The van der Waals surface area contributed by atoms with Gasteiger partial charge in [0.15, 0.2) is 6.61 Å². The van der Waals surface area contributed by atoms with E-state index >= 15 is 0 Å². The van der Waals surface area contributed by atoms with E-state index in [0.717, 1.165) is 13.8 Å². The van der Waals surface area contributed by atoms with Crippen LogP contribution in [0.4, 0.5) is 57.1 Å². The van der Waals surface area contributed by atoms with Gasteiger partial charge in [-0.05, 0) is 20.3 Å². The standard InChI is InChI=1S/C13H13F13O2/c1-4-7(2,3)6(27)28-5-8(14,15)10(17,18)11(19,20)9(16,12(21,22)23)13(24,25)26/h4-5H2,1-3H3. The molecule has 0 aromatic heterocycles. The molecule has 0 radical (unpaired) electrons. The predicted octanol–water partition coefficient (Wildman–Crippen LogP) is 5.70. The van der Waals surface area contributed by atoms with Crippen LogP contribution in [0.3, 0.4) is 0 Å². The Morgan fingerprint density at radius 1 is 0.714 bits per heavy atom. The van der Waals surface area contributed by atoms with Crippen LogP contribution in [0.25, 0.3) is 0 Å². The van der Waals surface area contributed by atoms with Crippen molar-refractivity contribution in [2.45, 2.75) is 63.0 Å². The third kappa shape index (κ3) is 3.98. The summed E-state index contributed by atoms with van der Waals surface area (Å²) in [6.45, 7) is 0.316. The van der Waals surface area contributed by atoms with Crippen LogP contribution >= 0.6 is 0 Å². The molecular weight excluding hydrogens is 435 g/mol. The second-order valence-electron chi connectivity index (χ2n) is 6.32. The van der Waals surface area contributed by atoms with Crippen LogP contribution in [-0.4, -0.2) is 48.4 Å². The van der Waals surface area contributed by atoms with Gasteiger partial charge in [0.25, 0.3) is 0 Å². The van der Waals surface area contributed by atoms with Crippen LogP contribution < -0.4 is 0 Å². The molecule has 15 heteroatoms. The number of ether oxygens (including phenoxy) is 1. The Morgan fingerprint density at radius 3 is 1.36 bits per heavy atom. The van der Waals surface area contributed by atoms with Crippen molar-refractivity contribution in [2.24, 2.45) is 5.41 Å². The van der Waals surface area contributed by atoms with Crippen molar-refractivity contribution in [2.75, 3.05) is 6.61 Å². The summed E-state index contributed by atoms with van der Waals surface area (Å²) in [5.41, 5.74) is -9.65. The molecule has 2 nitrogen and oxygen atoms in total. The SMILES string of the molecule is CCC(C)(C)C(=O)OCC(F)(F)C(F)(F)C(F)(F)C(F)(C(F)(F)F)C(F)(F)F. The fraction of sp³-hybridized carbons (Fsp3) is 0.923. The number of halogens is 13. The van der Waals surface area contributed by atoms with Crippen LogP contribution in [0.15, 0.2) is 0 Å². The molecule has 0 saturated heterocycles. The van der Waals surface area contributed by atoms with E-state index in [1.165, 1.54) is 6.92 Å². The second-order valence-corrected chi connectivity index (χ2v) is 6.32. The minimum absolute atomic E-state index is 0.153. The van der Waals surface area contributed by atoms with Crippen molar-refractivity contribution in [3.05, 3.63) is 0 Å². The average Bonchev–Trinajstić information content (AvgIpc) is 2.48. The van der Waals surface area contributed by atoms with Gasteiger partial charge in [0.1, 0.15) is 0 Å². The minimum Gasteiger partial charge on any atom is -0.459 e. The highest BCUT2D eigenvalue weighted by Crippen LogP contribution is 2.61. The fourth-order valence-electron chi connectivity index (χ4n) is 1.55. The summed E-state index contributed by atoms with van der Waals surface area (Å²) >= 11 is 0. The monoisotopic (exact) mass is 448 g/mol. The Balaban J connectivity index is 6.14. The van der Waals surface area contributed by atoms with Crippen LogP contribution in [0, 0.1) is 5.41 Å². The van der Waals surface area contributed by atoms with Gasteiger partial charge in [0, 0.05) is 0 Å². The fourth-order valence-corrected chi connectivity index (χ4v) is 1.55. The van der Waals surface area contributed by atoms with Gasteiger partial charge in [-0.1, -0.05) is 6.92 Å². The van der Waals surface area contributed by atoms with Gasteiger partial charge in [-0.25, -0.2) is 4.39 Å². The molecule has 0 bridgehead atoms. The van der Waals surface area contributed by atoms with Crippen molar-refractivity contribution in [1.82, 2.24) is 0 Å². The van der Waals surface area contributed by atoms with E-state index in [2.05, 4.69) is 4.74 Å². The summed E-state index contributed by atoms with van der Waals surface area (Å²) in [4.78, 5) is 11.4.